The number of amides is 1. The summed E-state index contributed by atoms with van der Waals surface area (Å²) in [6.07, 6.45) is 6.25. The lowest BCUT2D eigenvalue weighted by atomic mass is 9.87. The fraction of sp³-hybridized carbons (Fsp3) is 0.393. The number of anilines is 1. The van der Waals surface area contributed by atoms with Crippen LogP contribution in [0, 0.1) is 5.92 Å². The molecule has 14 heteroatoms. The number of thiazole rings is 2. The van der Waals surface area contributed by atoms with E-state index in [0.29, 0.717) is 44.3 Å². The number of rotatable bonds is 13. The number of sulfonamides is 1. The Labute approximate surface area is 251 Å². The third-order valence-electron chi connectivity index (χ3n) is 7.32. The largest absolute Gasteiger partial charge is 0.481 e. The number of ether oxygens (including phenoxy) is 1. The Morgan fingerprint density at radius 3 is 2.57 bits per heavy atom. The van der Waals surface area contributed by atoms with Crippen LogP contribution in [0.15, 0.2) is 52.9 Å². The molecule has 1 aromatic carbocycles. The van der Waals surface area contributed by atoms with Crippen LogP contribution in [-0.2, 0) is 26.2 Å². The lowest BCUT2D eigenvalue weighted by Crippen LogP contribution is -2.32. The van der Waals surface area contributed by atoms with E-state index in [4.69, 9.17) is 4.74 Å². The van der Waals surface area contributed by atoms with Gasteiger partial charge in [-0.25, -0.2) is 23.4 Å². The SMILES string of the molecule is COc1ccc2nc(NC(=O)[C@H](CC3CCCC3)c3ccc(S(=O)(=O)N(CCC(=O)O)Cc4nccs4)cc3)sc2n1. The molecule has 222 valence electrons. The van der Waals surface area contributed by atoms with Gasteiger partial charge >= 0.3 is 5.97 Å². The number of carboxylic acids is 1. The molecular weight excluding hydrogens is 599 g/mol. The van der Waals surface area contributed by atoms with Crippen molar-refractivity contribution in [2.24, 2.45) is 5.92 Å². The van der Waals surface area contributed by atoms with Crippen molar-refractivity contribution in [1.82, 2.24) is 19.3 Å². The average molecular weight is 630 g/mol. The zero-order valence-corrected chi connectivity index (χ0v) is 25.4. The average Bonchev–Trinajstić information content (AvgIpc) is 3.76. The number of benzene rings is 1. The van der Waals surface area contributed by atoms with Gasteiger partial charge in [0, 0.05) is 24.2 Å². The van der Waals surface area contributed by atoms with Crippen molar-refractivity contribution in [3.05, 3.63) is 58.5 Å². The third-order valence-corrected chi connectivity index (χ3v) is 10.8. The molecule has 3 heterocycles. The molecular formula is C28H31N5O6S3. The summed E-state index contributed by atoms with van der Waals surface area (Å²) in [4.78, 5) is 38.6. The fourth-order valence-electron chi connectivity index (χ4n) is 5.14. The standard InChI is InChI=1S/C28H31N5O6S3/c1-39-23-11-10-22-27(31-23)41-28(30-22)32-26(36)21(16-18-4-2-3-5-18)19-6-8-20(9-7-19)42(37,38)33(14-12-25(34)35)17-24-29-13-15-40-24/h6-11,13,15,18,21H,2-5,12,14,16-17H2,1H3,(H,34,35)(H,30,32,36)/t21-/m1/s1. The van der Waals surface area contributed by atoms with Crippen LogP contribution in [0.5, 0.6) is 5.88 Å². The molecule has 0 spiro atoms. The van der Waals surface area contributed by atoms with E-state index in [2.05, 4.69) is 20.3 Å². The van der Waals surface area contributed by atoms with Gasteiger partial charge in [-0.1, -0.05) is 49.2 Å². The number of carbonyl (C=O) groups is 2. The Morgan fingerprint density at radius 1 is 1.14 bits per heavy atom. The van der Waals surface area contributed by atoms with E-state index in [1.165, 1.54) is 41.9 Å². The van der Waals surface area contributed by atoms with Crippen LogP contribution in [0.2, 0.25) is 0 Å². The second kappa shape index (κ2) is 13.2. The molecule has 4 aromatic rings. The quantitative estimate of drug-likeness (QED) is 0.205. The maximum atomic E-state index is 13.6. The van der Waals surface area contributed by atoms with Gasteiger partial charge in [0.2, 0.25) is 21.8 Å². The van der Waals surface area contributed by atoms with Crippen molar-refractivity contribution in [2.45, 2.75) is 55.9 Å². The molecule has 42 heavy (non-hydrogen) atoms. The van der Waals surface area contributed by atoms with Crippen molar-refractivity contribution >= 4 is 60.1 Å². The molecule has 0 aliphatic heterocycles. The summed E-state index contributed by atoms with van der Waals surface area (Å²) >= 11 is 2.56. The van der Waals surface area contributed by atoms with Crippen LogP contribution >= 0.6 is 22.7 Å². The molecule has 1 atom stereocenters. The zero-order valence-electron chi connectivity index (χ0n) is 22.9. The maximum absolute atomic E-state index is 13.6. The van der Waals surface area contributed by atoms with Crippen molar-refractivity contribution in [2.75, 3.05) is 19.0 Å². The first kappa shape index (κ1) is 30.0. The van der Waals surface area contributed by atoms with Crippen molar-refractivity contribution in [3.8, 4) is 5.88 Å². The number of methoxy groups -OCH3 is 1. The number of hydrogen-bond donors (Lipinski definition) is 2. The van der Waals surface area contributed by atoms with Gasteiger partial charge in [-0.2, -0.15) is 4.31 Å². The van der Waals surface area contributed by atoms with Gasteiger partial charge in [-0.05, 0) is 36.1 Å². The van der Waals surface area contributed by atoms with Crippen LogP contribution in [0.25, 0.3) is 10.3 Å². The molecule has 1 aliphatic carbocycles. The van der Waals surface area contributed by atoms with Crippen LogP contribution in [0.4, 0.5) is 5.13 Å². The van der Waals surface area contributed by atoms with E-state index in [1.54, 1.807) is 35.8 Å². The van der Waals surface area contributed by atoms with E-state index in [0.717, 1.165) is 30.0 Å². The molecule has 0 unspecified atom stereocenters. The van der Waals surface area contributed by atoms with E-state index in [9.17, 15) is 23.1 Å². The molecule has 2 N–H and O–H groups in total. The Hall–Kier alpha value is -3.46. The Bertz CT molecular complexity index is 1630. The summed E-state index contributed by atoms with van der Waals surface area (Å²) in [5.74, 6) is -0.941. The molecule has 11 nitrogen and oxygen atoms in total. The summed E-state index contributed by atoms with van der Waals surface area (Å²) in [7, 11) is -2.48. The van der Waals surface area contributed by atoms with E-state index < -0.39 is 21.9 Å². The Morgan fingerprint density at radius 2 is 1.90 bits per heavy atom. The van der Waals surface area contributed by atoms with Crippen molar-refractivity contribution in [3.63, 3.8) is 0 Å². The smallest absolute Gasteiger partial charge is 0.304 e. The third kappa shape index (κ3) is 7.12. The second-order valence-electron chi connectivity index (χ2n) is 10.1. The number of carboxylic acid groups (broad SMARTS) is 1. The first-order valence-corrected chi connectivity index (χ1v) is 16.7. The van der Waals surface area contributed by atoms with E-state index in [1.807, 2.05) is 0 Å². The maximum Gasteiger partial charge on any atom is 0.304 e. The van der Waals surface area contributed by atoms with Gasteiger partial charge in [-0.3, -0.25) is 9.59 Å². The summed E-state index contributed by atoms with van der Waals surface area (Å²) in [6, 6.07) is 9.83. The van der Waals surface area contributed by atoms with Crippen LogP contribution < -0.4 is 10.1 Å². The predicted molar refractivity (Wildman–Crippen MR) is 160 cm³/mol. The van der Waals surface area contributed by atoms with Crippen LogP contribution in [-0.4, -0.2) is 58.3 Å². The van der Waals surface area contributed by atoms with Crippen LogP contribution in [0.3, 0.4) is 0 Å². The van der Waals surface area contributed by atoms with Crippen molar-refractivity contribution in [1.29, 1.82) is 0 Å². The molecule has 1 fully saturated rings. The van der Waals surface area contributed by atoms with E-state index in [-0.39, 0.29) is 30.3 Å². The van der Waals surface area contributed by atoms with Gasteiger partial charge in [-0.15, -0.1) is 11.3 Å². The number of nitrogens with one attached hydrogen (secondary N) is 1. The molecule has 0 bridgehead atoms. The number of fused-ring (bicyclic) bond motifs is 1. The minimum Gasteiger partial charge on any atom is -0.481 e. The molecule has 1 saturated carbocycles. The number of carbonyl (C=O) groups excluding carboxylic acids is 1. The summed E-state index contributed by atoms with van der Waals surface area (Å²) in [5, 5.41) is 14.9. The highest BCUT2D eigenvalue weighted by molar-refractivity contribution is 7.89. The predicted octanol–water partition coefficient (Wildman–Crippen LogP) is 5.12. The number of hydrogen-bond acceptors (Lipinski definition) is 10. The molecule has 0 saturated heterocycles. The molecule has 3 aromatic heterocycles. The van der Waals surface area contributed by atoms with Gasteiger partial charge in [0.25, 0.3) is 0 Å². The highest BCUT2D eigenvalue weighted by atomic mass is 32.2. The highest BCUT2D eigenvalue weighted by Crippen LogP contribution is 2.36. The Balaban J connectivity index is 1.38. The minimum atomic E-state index is -4.02. The lowest BCUT2D eigenvalue weighted by Gasteiger charge is -2.22. The van der Waals surface area contributed by atoms with E-state index >= 15 is 0 Å². The minimum absolute atomic E-state index is 0.0232. The summed E-state index contributed by atoms with van der Waals surface area (Å²) in [5.41, 5.74) is 1.36. The number of nitrogens with zero attached hydrogens (tertiary/aromatic N) is 4. The zero-order chi connectivity index (χ0) is 29.7. The lowest BCUT2D eigenvalue weighted by molar-refractivity contribution is -0.137. The van der Waals surface area contributed by atoms with Gasteiger partial charge < -0.3 is 15.2 Å². The van der Waals surface area contributed by atoms with Crippen molar-refractivity contribution < 1.29 is 27.9 Å². The van der Waals surface area contributed by atoms with Gasteiger partial charge in [0.1, 0.15) is 15.4 Å². The fourth-order valence-corrected chi connectivity index (χ4v) is 8.09. The van der Waals surface area contributed by atoms with Gasteiger partial charge in [0.05, 0.1) is 30.9 Å². The first-order chi connectivity index (χ1) is 20.2. The molecule has 1 amide bonds. The Kier molecular flexibility index (Phi) is 9.46. The molecule has 5 rings (SSSR count). The number of aromatic nitrogens is 3. The first-order valence-electron chi connectivity index (χ1n) is 13.6. The summed E-state index contributed by atoms with van der Waals surface area (Å²) in [6.45, 7) is -0.209. The second-order valence-corrected chi connectivity index (χ2v) is 14.0. The highest BCUT2D eigenvalue weighted by Gasteiger charge is 2.30. The monoisotopic (exact) mass is 629 g/mol. The van der Waals surface area contributed by atoms with Gasteiger partial charge in [0.15, 0.2) is 5.13 Å². The number of pyridine rings is 1. The topological polar surface area (TPSA) is 152 Å². The summed E-state index contributed by atoms with van der Waals surface area (Å²) < 4.78 is 33.4. The molecule has 1 aliphatic rings. The van der Waals surface area contributed by atoms with Crippen LogP contribution in [0.1, 0.15) is 55.0 Å². The normalized spacial score (nSPS) is 14.8. The number of aliphatic carboxylic acids is 1. The molecule has 0 radical (unpaired) electrons.